The molecule has 0 fully saturated rings. The molecule has 198 valence electrons. The predicted octanol–water partition coefficient (Wildman–Crippen LogP) is 5.54. The zero-order chi connectivity index (χ0) is 27.5. The fourth-order valence-corrected chi connectivity index (χ4v) is 3.98. The molecule has 0 saturated heterocycles. The van der Waals surface area contributed by atoms with E-state index in [1.807, 2.05) is 60.7 Å². The highest BCUT2D eigenvalue weighted by Gasteiger charge is 2.17. The Labute approximate surface area is 233 Å². The molecule has 0 aliphatic carbocycles. The number of anilines is 1. The molecule has 8 heteroatoms. The molecule has 4 rings (SSSR count). The van der Waals surface area contributed by atoms with E-state index >= 15 is 0 Å². The van der Waals surface area contributed by atoms with Gasteiger partial charge in [-0.05, 0) is 66.3 Å². The number of hydrogen-bond acceptors (Lipinski definition) is 5. The van der Waals surface area contributed by atoms with E-state index in [-0.39, 0.29) is 16.9 Å². The van der Waals surface area contributed by atoms with Gasteiger partial charge in [0, 0.05) is 19.2 Å². The summed E-state index contributed by atoms with van der Waals surface area (Å²) in [6.07, 6.45) is 0. The fraction of sp³-hybridized carbons (Fsp3) is 0.129. The number of thiocarbonyl (C=S) groups is 1. The molecule has 0 heterocycles. The summed E-state index contributed by atoms with van der Waals surface area (Å²) in [7, 11) is 1.75. The first-order valence-corrected chi connectivity index (χ1v) is 12.8. The van der Waals surface area contributed by atoms with Crippen molar-refractivity contribution in [1.29, 1.82) is 0 Å². The van der Waals surface area contributed by atoms with Gasteiger partial charge in [0.05, 0.1) is 11.3 Å². The first-order valence-electron chi connectivity index (χ1n) is 12.4. The second-order valence-corrected chi connectivity index (χ2v) is 9.04. The van der Waals surface area contributed by atoms with E-state index in [1.54, 1.807) is 60.5 Å². The molecular formula is C31H29N3O4S. The molecule has 0 radical (unpaired) electrons. The minimum Gasteiger partial charge on any atom is -0.490 e. The molecule has 2 N–H and O–H groups in total. The number of carbonyl (C=O) groups excluding carboxylic acids is 2. The summed E-state index contributed by atoms with van der Waals surface area (Å²) >= 11 is 5.36. The molecule has 0 aromatic heterocycles. The zero-order valence-electron chi connectivity index (χ0n) is 21.5. The van der Waals surface area contributed by atoms with Crippen LogP contribution in [0.4, 0.5) is 5.69 Å². The lowest BCUT2D eigenvalue weighted by molar-refractivity contribution is 0.0786. The summed E-state index contributed by atoms with van der Waals surface area (Å²) in [6, 6.07) is 33.0. The van der Waals surface area contributed by atoms with Crippen LogP contribution in [0.15, 0.2) is 109 Å². The topological polar surface area (TPSA) is 79.9 Å². The summed E-state index contributed by atoms with van der Waals surface area (Å²) in [5.74, 6) is 0.858. The Bertz CT molecular complexity index is 1400. The number of hydrogen-bond donors (Lipinski definition) is 2. The minimum atomic E-state index is -0.378. The molecule has 0 spiro atoms. The van der Waals surface area contributed by atoms with Crippen molar-refractivity contribution < 1.29 is 19.1 Å². The van der Waals surface area contributed by atoms with Gasteiger partial charge in [-0.25, -0.2) is 0 Å². The third kappa shape index (κ3) is 8.15. The molecule has 0 unspecified atom stereocenters. The summed E-state index contributed by atoms with van der Waals surface area (Å²) in [5.41, 5.74) is 2.40. The van der Waals surface area contributed by atoms with Crippen LogP contribution in [-0.4, -0.2) is 42.1 Å². The smallest absolute Gasteiger partial charge is 0.257 e. The van der Waals surface area contributed by atoms with Crippen molar-refractivity contribution in [3.05, 3.63) is 126 Å². The molecule has 4 aromatic rings. The first-order chi connectivity index (χ1) is 19.0. The van der Waals surface area contributed by atoms with Crippen molar-refractivity contribution in [3.8, 4) is 11.5 Å². The van der Waals surface area contributed by atoms with Crippen LogP contribution in [-0.2, 0) is 6.54 Å². The molecule has 39 heavy (non-hydrogen) atoms. The third-order valence-corrected chi connectivity index (χ3v) is 5.93. The van der Waals surface area contributed by atoms with Gasteiger partial charge < -0.3 is 19.7 Å². The van der Waals surface area contributed by atoms with Gasteiger partial charge >= 0.3 is 0 Å². The molecule has 2 amide bonds. The van der Waals surface area contributed by atoms with Gasteiger partial charge in [-0.15, -0.1) is 0 Å². The van der Waals surface area contributed by atoms with Gasteiger partial charge in [-0.3, -0.25) is 14.9 Å². The Hall–Kier alpha value is -4.69. The van der Waals surface area contributed by atoms with Crippen LogP contribution in [0.5, 0.6) is 11.5 Å². The fourth-order valence-electron chi connectivity index (χ4n) is 3.78. The van der Waals surface area contributed by atoms with E-state index in [9.17, 15) is 9.59 Å². The van der Waals surface area contributed by atoms with Crippen LogP contribution >= 0.6 is 12.2 Å². The number of amides is 2. The molecule has 7 nitrogen and oxygen atoms in total. The van der Waals surface area contributed by atoms with Crippen LogP contribution in [0.3, 0.4) is 0 Å². The quantitative estimate of drug-likeness (QED) is 0.203. The Morgan fingerprint density at radius 2 is 1.31 bits per heavy atom. The summed E-state index contributed by atoms with van der Waals surface area (Å²) in [6.45, 7) is 1.24. The SMILES string of the molecule is CN(Cc1ccccc1)C(=O)c1ccccc1NC(=S)NC(=O)c1ccc(OCCOc2ccccc2)cc1. The van der Waals surface area contributed by atoms with Crippen molar-refractivity contribution in [2.45, 2.75) is 6.54 Å². The highest BCUT2D eigenvalue weighted by Crippen LogP contribution is 2.18. The Balaban J connectivity index is 1.28. The van der Waals surface area contributed by atoms with Crippen LogP contribution in [0, 0.1) is 0 Å². The molecule has 0 bridgehead atoms. The normalized spacial score (nSPS) is 10.3. The summed E-state index contributed by atoms with van der Waals surface area (Å²) < 4.78 is 11.3. The van der Waals surface area contributed by atoms with Crippen LogP contribution < -0.4 is 20.1 Å². The maximum atomic E-state index is 13.1. The van der Waals surface area contributed by atoms with Gasteiger partial charge in [0.15, 0.2) is 5.11 Å². The average Bonchev–Trinajstić information content (AvgIpc) is 2.96. The number of nitrogens with one attached hydrogen (secondary N) is 2. The van der Waals surface area contributed by atoms with Crippen molar-refractivity contribution in [2.75, 3.05) is 25.6 Å². The predicted molar refractivity (Wildman–Crippen MR) is 156 cm³/mol. The second kappa shape index (κ2) is 13.7. The summed E-state index contributed by atoms with van der Waals surface area (Å²) in [5, 5.41) is 5.74. The number of carbonyl (C=O) groups is 2. The molecule has 0 aliphatic rings. The maximum absolute atomic E-state index is 13.1. The molecular weight excluding hydrogens is 510 g/mol. The van der Waals surface area contributed by atoms with Crippen LogP contribution in [0.25, 0.3) is 0 Å². The highest BCUT2D eigenvalue weighted by atomic mass is 32.1. The number of nitrogens with zero attached hydrogens (tertiary/aromatic N) is 1. The monoisotopic (exact) mass is 539 g/mol. The van der Waals surface area contributed by atoms with Crippen LogP contribution in [0.1, 0.15) is 26.3 Å². The molecule has 0 atom stereocenters. The summed E-state index contributed by atoms with van der Waals surface area (Å²) in [4.78, 5) is 27.5. The molecule has 0 saturated carbocycles. The molecule has 4 aromatic carbocycles. The van der Waals surface area contributed by atoms with Crippen molar-refractivity contribution in [3.63, 3.8) is 0 Å². The number of rotatable bonds is 10. The Morgan fingerprint density at radius 1 is 0.744 bits per heavy atom. The Kier molecular flexibility index (Phi) is 9.63. The Morgan fingerprint density at radius 3 is 1.97 bits per heavy atom. The largest absolute Gasteiger partial charge is 0.490 e. The lowest BCUT2D eigenvalue weighted by atomic mass is 10.1. The third-order valence-electron chi connectivity index (χ3n) is 5.72. The first kappa shape index (κ1) is 27.3. The maximum Gasteiger partial charge on any atom is 0.257 e. The van der Waals surface area contributed by atoms with Gasteiger partial charge in [0.1, 0.15) is 24.7 Å². The van der Waals surface area contributed by atoms with Gasteiger partial charge in [-0.1, -0.05) is 60.7 Å². The van der Waals surface area contributed by atoms with E-state index < -0.39 is 0 Å². The number of benzene rings is 4. The highest BCUT2D eigenvalue weighted by molar-refractivity contribution is 7.80. The second-order valence-electron chi connectivity index (χ2n) is 8.63. The minimum absolute atomic E-state index is 0.0874. The van der Waals surface area contributed by atoms with Gasteiger partial charge in [0.25, 0.3) is 11.8 Å². The lowest BCUT2D eigenvalue weighted by Gasteiger charge is -2.20. The lowest BCUT2D eigenvalue weighted by Crippen LogP contribution is -2.35. The van der Waals surface area contributed by atoms with E-state index in [2.05, 4.69) is 10.6 Å². The van der Waals surface area contributed by atoms with Crippen LogP contribution in [0.2, 0.25) is 0 Å². The molecule has 0 aliphatic heterocycles. The van der Waals surface area contributed by atoms with E-state index in [4.69, 9.17) is 21.7 Å². The number of ether oxygens (including phenoxy) is 2. The van der Waals surface area contributed by atoms with E-state index in [0.717, 1.165) is 11.3 Å². The standard InChI is InChI=1S/C31H29N3O4S/c1-34(22-23-10-4-2-5-11-23)30(36)27-14-8-9-15-28(27)32-31(39)33-29(35)24-16-18-26(19-17-24)38-21-20-37-25-12-6-3-7-13-25/h2-19H,20-22H2,1H3,(H2,32,33,35,39). The van der Waals surface area contributed by atoms with Crippen molar-refractivity contribution in [1.82, 2.24) is 10.2 Å². The van der Waals surface area contributed by atoms with E-state index in [0.29, 0.717) is 42.3 Å². The number of para-hydroxylation sites is 2. The average molecular weight is 540 g/mol. The van der Waals surface area contributed by atoms with Gasteiger partial charge in [0.2, 0.25) is 0 Å². The zero-order valence-corrected chi connectivity index (χ0v) is 22.3. The van der Waals surface area contributed by atoms with E-state index in [1.165, 1.54) is 0 Å². The van der Waals surface area contributed by atoms with Gasteiger partial charge in [-0.2, -0.15) is 0 Å². The van der Waals surface area contributed by atoms with Crippen molar-refractivity contribution in [2.24, 2.45) is 0 Å². The van der Waals surface area contributed by atoms with Crippen molar-refractivity contribution >= 4 is 34.8 Å².